The molecule has 0 bridgehead atoms. The Morgan fingerprint density at radius 1 is 1.43 bits per heavy atom. The highest BCUT2D eigenvalue weighted by Crippen LogP contribution is 2.27. The molecule has 2 heterocycles. The quantitative estimate of drug-likeness (QED) is 0.751. The van der Waals surface area contributed by atoms with Crippen LogP contribution in [0.3, 0.4) is 0 Å². The van der Waals surface area contributed by atoms with E-state index in [4.69, 9.17) is 0 Å². The van der Waals surface area contributed by atoms with E-state index in [1.165, 1.54) is 4.88 Å². The van der Waals surface area contributed by atoms with Crippen LogP contribution in [-0.4, -0.2) is 9.97 Å². The maximum atomic E-state index is 4.53. The highest BCUT2D eigenvalue weighted by atomic mass is 32.1. The molecule has 0 aliphatic carbocycles. The summed E-state index contributed by atoms with van der Waals surface area (Å²) in [6.45, 7) is 4.20. The standard InChI is InChI=1S/C11H12N2S/c1-3-10-11(13-8(2)14-10)9-5-4-6-12-7-9/h4-7H,3H2,1-2H3. The van der Waals surface area contributed by atoms with E-state index in [0.717, 1.165) is 22.7 Å². The third kappa shape index (κ3) is 1.68. The first-order valence-electron chi connectivity index (χ1n) is 4.68. The summed E-state index contributed by atoms with van der Waals surface area (Å²) in [7, 11) is 0. The predicted molar refractivity (Wildman–Crippen MR) is 59.5 cm³/mol. The van der Waals surface area contributed by atoms with Crippen molar-refractivity contribution in [1.29, 1.82) is 0 Å². The molecule has 0 atom stereocenters. The van der Waals surface area contributed by atoms with Crippen LogP contribution in [0.25, 0.3) is 11.3 Å². The lowest BCUT2D eigenvalue weighted by Crippen LogP contribution is -1.84. The maximum absolute atomic E-state index is 4.53. The Hall–Kier alpha value is -1.22. The monoisotopic (exact) mass is 204 g/mol. The van der Waals surface area contributed by atoms with Gasteiger partial charge in [0, 0.05) is 22.8 Å². The number of nitrogens with zero attached hydrogens (tertiary/aromatic N) is 2. The molecule has 0 radical (unpaired) electrons. The molecule has 72 valence electrons. The van der Waals surface area contributed by atoms with E-state index in [2.05, 4.69) is 23.0 Å². The van der Waals surface area contributed by atoms with Crippen molar-refractivity contribution in [3.8, 4) is 11.3 Å². The molecule has 0 aliphatic heterocycles. The minimum absolute atomic E-state index is 1.04. The Morgan fingerprint density at radius 3 is 2.93 bits per heavy atom. The number of aromatic nitrogens is 2. The minimum atomic E-state index is 1.04. The largest absolute Gasteiger partial charge is 0.264 e. The fraction of sp³-hybridized carbons (Fsp3) is 0.273. The number of aryl methyl sites for hydroxylation is 2. The molecule has 0 unspecified atom stereocenters. The zero-order chi connectivity index (χ0) is 9.97. The number of pyridine rings is 1. The number of hydrogen-bond acceptors (Lipinski definition) is 3. The lowest BCUT2D eigenvalue weighted by atomic mass is 10.2. The molecule has 0 saturated carbocycles. The molecule has 0 fully saturated rings. The van der Waals surface area contributed by atoms with Gasteiger partial charge in [0.25, 0.3) is 0 Å². The van der Waals surface area contributed by atoms with Crippen molar-refractivity contribution in [3.63, 3.8) is 0 Å². The Bertz CT molecular complexity index is 420. The van der Waals surface area contributed by atoms with Crippen molar-refractivity contribution in [1.82, 2.24) is 9.97 Å². The average molecular weight is 204 g/mol. The van der Waals surface area contributed by atoms with Gasteiger partial charge in [-0.05, 0) is 25.5 Å². The summed E-state index contributed by atoms with van der Waals surface area (Å²) >= 11 is 1.77. The molecule has 2 rings (SSSR count). The maximum Gasteiger partial charge on any atom is 0.0904 e. The number of hydrogen-bond donors (Lipinski definition) is 0. The van der Waals surface area contributed by atoms with Crippen LogP contribution in [0.1, 0.15) is 16.8 Å². The molecular weight excluding hydrogens is 192 g/mol. The van der Waals surface area contributed by atoms with Gasteiger partial charge in [-0.3, -0.25) is 4.98 Å². The fourth-order valence-corrected chi connectivity index (χ4v) is 2.34. The summed E-state index contributed by atoms with van der Waals surface area (Å²) in [5, 5.41) is 1.13. The highest BCUT2D eigenvalue weighted by molar-refractivity contribution is 7.12. The second-order valence-corrected chi connectivity index (χ2v) is 4.39. The highest BCUT2D eigenvalue weighted by Gasteiger charge is 2.08. The van der Waals surface area contributed by atoms with E-state index >= 15 is 0 Å². The van der Waals surface area contributed by atoms with Crippen LogP contribution in [-0.2, 0) is 6.42 Å². The molecule has 2 nitrogen and oxygen atoms in total. The van der Waals surface area contributed by atoms with E-state index in [9.17, 15) is 0 Å². The zero-order valence-corrected chi connectivity index (χ0v) is 9.14. The molecular formula is C11H12N2S. The summed E-state index contributed by atoms with van der Waals surface area (Å²) in [4.78, 5) is 9.98. The van der Waals surface area contributed by atoms with Crippen molar-refractivity contribution in [3.05, 3.63) is 34.4 Å². The first-order valence-corrected chi connectivity index (χ1v) is 5.49. The molecule has 0 aliphatic rings. The SMILES string of the molecule is CCc1sc(C)nc1-c1cccnc1. The number of rotatable bonds is 2. The van der Waals surface area contributed by atoms with Crippen LogP contribution in [0, 0.1) is 6.92 Å². The molecule has 14 heavy (non-hydrogen) atoms. The molecule has 0 aromatic carbocycles. The van der Waals surface area contributed by atoms with Crippen molar-refractivity contribution >= 4 is 11.3 Å². The smallest absolute Gasteiger partial charge is 0.0904 e. The molecule has 0 spiro atoms. The number of thiazole rings is 1. The Kier molecular flexibility index (Phi) is 2.59. The Balaban J connectivity index is 2.51. The lowest BCUT2D eigenvalue weighted by molar-refractivity contribution is 1.16. The van der Waals surface area contributed by atoms with Gasteiger partial charge >= 0.3 is 0 Å². The van der Waals surface area contributed by atoms with Crippen molar-refractivity contribution in [2.45, 2.75) is 20.3 Å². The van der Waals surface area contributed by atoms with Crippen molar-refractivity contribution in [2.75, 3.05) is 0 Å². The van der Waals surface area contributed by atoms with Crippen LogP contribution in [0.2, 0.25) is 0 Å². The third-order valence-corrected chi connectivity index (χ3v) is 3.18. The summed E-state index contributed by atoms with van der Waals surface area (Å²) in [5.41, 5.74) is 2.22. The van der Waals surface area contributed by atoms with E-state index in [0.29, 0.717) is 0 Å². The van der Waals surface area contributed by atoms with Crippen LogP contribution in [0.5, 0.6) is 0 Å². The van der Waals surface area contributed by atoms with Crippen LogP contribution < -0.4 is 0 Å². The normalized spacial score (nSPS) is 10.4. The third-order valence-electron chi connectivity index (χ3n) is 2.06. The second-order valence-electron chi connectivity index (χ2n) is 3.10. The van der Waals surface area contributed by atoms with Gasteiger partial charge in [0.2, 0.25) is 0 Å². The molecule has 2 aromatic rings. The summed E-state index contributed by atoms with van der Waals surface area (Å²) in [5.74, 6) is 0. The van der Waals surface area contributed by atoms with Gasteiger partial charge in [-0.25, -0.2) is 4.98 Å². The van der Waals surface area contributed by atoms with Crippen molar-refractivity contribution < 1.29 is 0 Å². The van der Waals surface area contributed by atoms with E-state index in [-0.39, 0.29) is 0 Å². The summed E-state index contributed by atoms with van der Waals surface area (Å²) < 4.78 is 0. The zero-order valence-electron chi connectivity index (χ0n) is 8.32. The minimum Gasteiger partial charge on any atom is -0.264 e. The van der Waals surface area contributed by atoms with Gasteiger partial charge in [0.05, 0.1) is 10.7 Å². The molecule has 2 aromatic heterocycles. The van der Waals surface area contributed by atoms with Gasteiger partial charge in [0.1, 0.15) is 0 Å². The van der Waals surface area contributed by atoms with Crippen LogP contribution in [0.15, 0.2) is 24.5 Å². The summed E-state index contributed by atoms with van der Waals surface area (Å²) in [6, 6.07) is 4.00. The second kappa shape index (κ2) is 3.88. The van der Waals surface area contributed by atoms with Gasteiger partial charge in [-0.1, -0.05) is 6.92 Å². The molecule has 0 N–H and O–H groups in total. The fourth-order valence-electron chi connectivity index (χ4n) is 1.44. The van der Waals surface area contributed by atoms with Gasteiger partial charge < -0.3 is 0 Å². The molecule has 0 saturated heterocycles. The van der Waals surface area contributed by atoms with Crippen molar-refractivity contribution in [2.24, 2.45) is 0 Å². The van der Waals surface area contributed by atoms with E-state index < -0.39 is 0 Å². The van der Waals surface area contributed by atoms with Gasteiger partial charge in [-0.15, -0.1) is 11.3 Å². The van der Waals surface area contributed by atoms with Gasteiger partial charge in [0.15, 0.2) is 0 Å². The average Bonchev–Trinajstić information content (AvgIpc) is 2.61. The molecule has 0 amide bonds. The Labute approximate surface area is 87.7 Å². The molecule has 3 heteroatoms. The predicted octanol–water partition coefficient (Wildman–Crippen LogP) is 3.08. The van der Waals surface area contributed by atoms with Crippen LogP contribution in [0.4, 0.5) is 0 Å². The van der Waals surface area contributed by atoms with Gasteiger partial charge in [-0.2, -0.15) is 0 Å². The topological polar surface area (TPSA) is 25.8 Å². The Morgan fingerprint density at radius 2 is 2.29 bits per heavy atom. The summed E-state index contributed by atoms with van der Waals surface area (Å²) in [6.07, 6.45) is 4.69. The van der Waals surface area contributed by atoms with Crippen LogP contribution >= 0.6 is 11.3 Å². The van der Waals surface area contributed by atoms with E-state index in [1.807, 2.05) is 19.2 Å². The van der Waals surface area contributed by atoms with E-state index in [1.54, 1.807) is 17.5 Å². The first-order chi connectivity index (χ1) is 6.81. The first kappa shape index (κ1) is 9.34. The lowest BCUT2D eigenvalue weighted by Gasteiger charge is -1.97.